The van der Waals surface area contributed by atoms with Crippen molar-refractivity contribution in [3.05, 3.63) is 27.6 Å². The highest BCUT2D eigenvalue weighted by Crippen LogP contribution is 2.21. The van der Waals surface area contributed by atoms with Gasteiger partial charge in [0, 0.05) is 18.5 Å². The average Bonchev–Trinajstić information content (AvgIpc) is 3.10. The zero-order valence-corrected chi connectivity index (χ0v) is 15.4. The van der Waals surface area contributed by atoms with E-state index < -0.39 is 11.5 Å². The number of esters is 1. The molecule has 0 aliphatic carbocycles. The summed E-state index contributed by atoms with van der Waals surface area (Å²) in [6.45, 7) is 4.22. The molecule has 3 heterocycles. The minimum absolute atomic E-state index is 0.109. The largest absolute Gasteiger partial charge is 0.462 e. The Balaban J connectivity index is 1.82. The standard InChI is InChI=1S/C17H21N3O5S/c1-2-3-6-25-17(23)12-10-26-15-14(12)16(22)20(11-18-15)9-13(21)19-4-7-24-8-5-19/h10-11H,2-9H2,1H3. The Morgan fingerprint density at radius 3 is 2.85 bits per heavy atom. The second-order valence-corrected chi connectivity index (χ2v) is 6.85. The van der Waals surface area contributed by atoms with E-state index in [4.69, 9.17) is 9.47 Å². The minimum atomic E-state index is -0.527. The van der Waals surface area contributed by atoms with Crippen LogP contribution in [-0.4, -0.2) is 59.2 Å². The molecule has 0 bridgehead atoms. The maximum Gasteiger partial charge on any atom is 0.339 e. The summed E-state index contributed by atoms with van der Waals surface area (Å²) in [4.78, 5) is 43.8. The van der Waals surface area contributed by atoms with Gasteiger partial charge in [-0.1, -0.05) is 13.3 Å². The van der Waals surface area contributed by atoms with Crippen molar-refractivity contribution < 1.29 is 19.1 Å². The summed E-state index contributed by atoms with van der Waals surface area (Å²) >= 11 is 1.21. The van der Waals surface area contributed by atoms with E-state index in [9.17, 15) is 14.4 Å². The maximum absolute atomic E-state index is 12.8. The first-order valence-electron chi connectivity index (χ1n) is 8.61. The first-order valence-corrected chi connectivity index (χ1v) is 9.49. The summed E-state index contributed by atoms with van der Waals surface area (Å²) < 4.78 is 11.7. The van der Waals surface area contributed by atoms with E-state index in [1.54, 1.807) is 10.3 Å². The number of hydrogen-bond acceptors (Lipinski definition) is 7. The fourth-order valence-electron chi connectivity index (χ4n) is 2.68. The summed E-state index contributed by atoms with van der Waals surface area (Å²) in [5.74, 6) is -0.695. The van der Waals surface area contributed by atoms with Crippen LogP contribution in [0, 0.1) is 0 Å². The van der Waals surface area contributed by atoms with Gasteiger partial charge in [0.25, 0.3) is 5.56 Å². The Labute approximate surface area is 154 Å². The van der Waals surface area contributed by atoms with Crippen molar-refractivity contribution in [2.75, 3.05) is 32.9 Å². The smallest absolute Gasteiger partial charge is 0.339 e. The van der Waals surface area contributed by atoms with Gasteiger partial charge in [0.05, 0.1) is 37.1 Å². The van der Waals surface area contributed by atoms with Gasteiger partial charge in [0.1, 0.15) is 11.4 Å². The predicted octanol–water partition coefficient (Wildman–Crippen LogP) is 1.27. The second-order valence-electron chi connectivity index (χ2n) is 5.99. The lowest BCUT2D eigenvalue weighted by atomic mass is 10.2. The summed E-state index contributed by atoms with van der Waals surface area (Å²) in [5.41, 5.74) is -0.188. The number of rotatable bonds is 6. The molecular formula is C17H21N3O5S. The Bertz CT molecular complexity index is 854. The Morgan fingerprint density at radius 1 is 1.35 bits per heavy atom. The maximum atomic E-state index is 12.8. The van der Waals surface area contributed by atoms with E-state index >= 15 is 0 Å². The van der Waals surface area contributed by atoms with Crippen LogP contribution in [0.5, 0.6) is 0 Å². The number of hydrogen-bond donors (Lipinski definition) is 0. The molecule has 140 valence electrons. The van der Waals surface area contributed by atoms with Gasteiger partial charge in [0.2, 0.25) is 5.91 Å². The van der Waals surface area contributed by atoms with Crippen molar-refractivity contribution in [3.63, 3.8) is 0 Å². The number of nitrogens with zero attached hydrogens (tertiary/aromatic N) is 3. The monoisotopic (exact) mass is 379 g/mol. The Kier molecular flexibility index (Phi) is 6.00. The molecule has 0 spiro atoms. The molecule has 0 aromatic carbocycles. The van der Waals surface area contributed by atoms with Gasteiger partial charge >= 0.3 is 5.97 Å². The summed E-state index contributed by atoms with van der Waals surface area (Å²) in [5, 5.41) is 1.80. The van der Waals surface area contributed by atoms with Crippen molar-refractivity contribution in [1.82, 2.24) is 14.5 Å². The van der Waals surface area contributed by atoms with Gasteiger partial charge in [0.15, 0.2) is 0 Å². The highest BCUT2D eigenvalue weighted by atomic mass is 32.1. The van der Waals surface area contributed by atoms with Crippen LogP contribution in [0.4, 0.5) is 0 Å². The van der Waals surface area contributed by atoms with Crippen molar-refractivity contribution in [3.8, 4) is 0 Å². The highest BCUT2D eigenvalue weighted by Gasteiger charge is 2.21. The number of morpholine rings is 1. The fraction of sp³-hybridized carbons (Fsp3) is 0.529. The van der Waals surface area contributed by atoms with Crippen LogP contribution < -0.4 is 5.56 Å². The lowest BCUT2D eigenvalue weighted by Crippen LogP contribution is -2.43. The van der Waals surface area contributed by atoms with Crippen LogP contribution in [0.3, 0.4) is 0 Å². The van der Waals surface area contributed by atoms with Gasteiger partial charge in [-0.05, 0) is 6.42 Å². The second kappa shape index (κ2) is 8.41. The predicted molar refractivity (Wildman–Crippen MR) is 96.5 cm³/mol. The third kappa shape index (κ3) is 3.94. The van der Waals surface area contributed by atoms with Crippen LogP contribution in [-0.2, 0) is 20.8 Å². The van der Waals surface area contributed by atoms with E-state index in [0.717, 1.165) is 12.8 Å². The van der Waals surface area contributed by atoms with Crippen molar-refractivity contribution in [2.45, 2.75) is 26.3 Å². The molecule has 0 radical (unpaired) electrons. The van der Waals surface area contributed by atoms with Gasteiger partial charge in [-0.15, -0.1) is 11.3 Å². The summed E-state index contributed by atoms with van der Waals surface area (Å²) in [6, 6.07) is 0. The lowest BCUT2D eigenvalue weighted by molar-refractivity contribution is -0.135. The van der Waals surface area contributed by atoms with Crippen LogP contribution in [0.25, 0.3) is 10.2 Å². The number of fused-ring (bicyclic) bond motifs is 1. The van der Waals surface area contributed by atoms with Gasteiger partial charge in [-0.25, -0.2) is 9.78 Å². The first-order chi connectivity index (χ1) is 12.6. The number of carbonyl (C=O) groups excluding carboxylic acids is 2. The Morgan fingerprint density at radius 2 is 2.12 bits per heavy atom. The van der Waals surface area contributed by atoms with Crippen LogP contribution in [0.15, 0.2) is 16.5 Å². The van der Waals surface area contributed by atoms with Crippen molar-refractivity contribution in [2.24, 2.45) is 0 Å². The average molecular weight is 379 g/mol. The molecule has 26 heavy (non-hydrogen) atoms. The minimum Gasteiger partial charge on any atom is -0.462 e. The number of unbranched alkanes of at least 4 members (excludes halogenated alkanes) is 1. The molecule has 2 aromatic rings. The molecular weight excluding hydrogens is 358 g/mol. The third-order valence-electron chi connectivity index (χ3n) is 4.18. The zero-order chi connectivity index (χ0) is 18.5. The summed E-state index contributed by atoms with van der Waals surface area (Å²) in [6.07, 6.45) is 3.03. The number of carbonyl (C=O) groups is 2. The fourth-order valence-corrected chi connectivity index (χ4v) is 3.54. The quantitative estimate of drug-likeness (QED) is 0.555. The molecule has 1 aliphatic heterocycles. The van der Waals surface area contributed by atoms with Crippen LogP contribution in [0.1, 0.15) is 30.1 Å². The SMILES string of the molecule is CCCCOC(=O)c1csc2ncn(CC(=O)N3CCOCC3)c(=O)c12. The number of thiophene rings is 1. The van der Waals surface area contributed by atoms with E-state index in [1.165, 1.54) is 22.2 Å². The molecule has 2 aromatic heterocycles. The molecule has 0 atom stereocenters. The molecule has 0 unspecified atom stereocenters. The van der Waals surface area contributed by atoms with E-state index in [-0.39, 0.29) is 23.4 Å². The lowest BCUT2D eigenvalue weighted by Gasteiger charge is -2.26. The summed E-state index contributed by atoms with van der Waals surface area (Å²) in [7, 11) is 0. The molecule has 1 amide bonds. The number of ether oxygens (including phenoxy) is 2. The van der Waals surface area contributed by atoms with E-state index in [0.29, 0.717) is 37.7 Å². The van der Waals surface area contributed by atoms with Crippen molar-refractivity contribution >= 4 is 33.4 Å². The van der Waals surface area contributed by atoms with Crippen LogP contribution in [0.2, 0.25) is 0 Å². The zero-order valence-electron chi connectivity index (χ0n) is 14.6. The number of amides is 1. The molecule has 8 nitrogen and oxygen atoms in total. The normalized spacial score (nSPS) is 14.6. The van der Waals surface area contributed by atoms with Gasteiger partial charge in [-0.2, -0.15) is 0 Å². The van der Waals surface area contributed by atoms with E-state index in [1.807, 2.05) is 6.92 Å². The first kappa shape index (κ1) is 18.5. The van der Waals surface area contributed by atoms with Gasteiger partial charge < -0.3 is 14.4 Å². The molecule has 1 fully saturated rings. The topological polar surface area (TPSA) is 90.7 Å². The highest BCUT2D eigenvalue weighted by molar-refractivity contribution is 7.17. The van der Waals surface area contributed by atoms with Crippen LogP contribution >= 0.6 is 11.3 Å². The Hall–Kier alpha value is -2.26. The molecule has 9 heteroatoms. The van der Waals surface area contributed by atoms with E-state index in [2.05, 4.69) is 4.98 Å². The molecule has 3 rings (SSSR count). The molecule has 1 saturated heterocycles. The molecule has 0 N–H and O–H groups in total. The van der Waals surface area contributed by atoms with Gasteiger partial charge in [-0.3, -0.25) is 14.2 Å². The number of aromatic nitrogens is 2. The third-order valence-corrected chi connectivity index (χ3v) is 5.07. The van der Waals surface area contributed by atoms with Crippen molar-refractivity contribution in [1.29, 1.82) is 0 Å². The molecule has 1 aliphatic rings. The molecule has 0 saturated carbocycles.